The van der Waals surface area contributed by atoms with Gasteiger partial charge in [0.1, 0.15) is 10.6 Å². The van der Waals surface area contributed by atoms with E-state index in [2.05, 4.69) is 0 Å². The number of hydrogen-bond donors (Lipinski definition) is 2. The minimum absolute atomic E-state index is 0.0494. The third kappa shape index (κ3) is 7.21. The maximum atomic E-state index is 12.4. The molecule has 2 aromatic carbocycles. The molecule has 0 unspecified atom stereocenters. The summed E-state index contributed by atoms with van der Waals surface area (Å²) >= 11 is 0. The molecule has 0 spiro atoms. The molecule has 31 heavy (non-hydrogen) atoms. The zero-order valence-corrected chi connectivity index (χ0v) is 18.4. The number of rotatable bonds is 13. The molecular weight excluding hydrogens is 424 g/mol. The molecule has 170 valence electrons. The summed E-state index contributed by atoms with van der Waals surface area (Å²) in [6.45, 7) is 6.13. The smallest absolute Gasteiger partial charge is 0.335 e. The molecule has 10 heteroatoms. The molecule has 0 saturated carbocycles. The lowest BCUT2D eigenvalue weighted by Crippen LogP contribution is -2.32. The highest BCUT2D eigenvalue weighted by atomic mass is 32.2. The van der Waals surface area contributed by atoms with Gasteiger partial charge >= 0.3 is 5.97 Å². The number of carboxylic acids is 1. The number of anilines is 1. The highest BCUT2D eigenvalue weighted by molar-refractivity contribution is 7.89. The summed E-state index contributed by atoms with van der Waals surface area (Å²) in [5.41, 5.74) is 0.0458. The second-order valence-electron chi connectivity index (χ2n) is 6.47. The van der Waals surface area contributed by atoms with E-state index >= 15 is 0 Å². The van der Waals surface area contributed by atoms with Gasteiger partial charge in [0, 0.05) is 26.3 Å². The third-order valence-electron chi connectivity index (χ3n) is 4.31. The van der Waals surface area contributed by atoms with Crippen LogP contribution in [0.5, 0.6) is 11.5 Å². The second-order valence-corrected chi connectivity index (χ2v) is 8.00. The van der Waals surface area contributed by atoms with Crippen molar-refractivity contribution in [3.63, 3.8) is 0 Å². The van der Waals surface area contributed by atoms with Gasteiger partial charge in [0.05, 0.1) is 24.5 Å². The van der Waals surface area contributed by atoms with E-state index in [9.17, 15) is 18.3 Å². The first-order valence-corrected chi connectivity index (χ1v) is 11.4. The van der Waals surface area contributed by atoms with Crippen molar-refractivity contribution in [1.29, 1.82) is 0 Å². The molecule has 0 heterocycles. The predicted molar refractivity (Wildman–Crippen MR) is 116 cm³/mol. The molecular formula is C21H28N2O7S. The maximum absolute atomic E-state index is 12.4. The topological polar surface area (TPSA) is 128 Å². The lowest BCUT2D eigenvalue weighted by atomic mass is 10.1. The highest BCUT2D eigenvalue weighted by Crippen LogP contribution is 2.39. The van der Waals surface area contributed by atoms with Gasteiger partial charge < -0.3 is 24.2 Å². The molecule has 0 amide bonds. The predicted octanol–water partition coefficient (Wildman–Crippen LogP) is 2.70. The summed E-state index contributed by atoms with van der Waals surface area (Å²) in [6.07, 6.45) is 0. The number of carbonyl (C=O) groups is 1. The highest BCUT2D eigenvalue weighted by Gasteiger charge is 2.26. The molecule has 0 aliphatic rings. The Morgan fingerprint density at radius 3 is 2.10 bits per heavy atom. The van der Waals surface area contributed by atoms with E-state index in [4.69, 9.17) is 19.3 Å². The van der Waals surface area contributed by atoms with Gasteiger partial charge in [-0.05, 0) is 38.1 Å². The van der Waals surface area contributed by atoms with Gasteiger partial charge in [0.15, 0.2) is 5.75 Å². The van der Waals surface area contributed by atoms with Crippen molar-refractivity contribution < 1.29 is 32.5 Å². The fraction of sp³-hybridized carbons (Fsp3) is 0.381. The molecule has 0 atom stereocenters. The van der Waals surface area contributed by atoms with Crippen LogP contribution in [0.4, 0.5) is 5.69 Å². The number of para-hydroxylation sites is 1. The Morgan fingerprint density at radius 1 is 1.03 bits per heavy atom. The zero-order valence-electron chi connectivity index (χ0n) is 17.6. The van der Waals surface area contributed by atoms with Gasteiger partial charge in [0.25, 0.3) is 0 Å². The standard InChI is InChI=1S/C21H28N2O7S/c1-3-28-12-10-23(11-13-29-4-2)18-14-16(21(24)25)15-19(31(22,26)27)20(18)30-17-8-6-5-7-9-17/h5-9,14-15H,3-4,10-13H2,1-2H3,(H,24,25)(H2,22,26,27). The largest absolute Gasteiger partial charge is 0.478 e. The lowest BCUT2D eigenvalue weighted by Gasteiger charge is -2.28. The third-order valence-corrected chi connectivity index (χ3v) is 5.23. The zero-order chi connectivity index (χ0) is 22.9. The molecule has 3 N–H and O–H groups in total. The van der Waals surface area contributed by atoms with Gasteiger partial charge in [-0.15, -0.1) is 0 Å². The Kier molecular flexibility index (Phi) is 9.25. The van der Waals surface area contributed by atoms with Crippen LogP contribution in [0.2, 0.25) is 0 Å². The number of nitrogens with two attached hydrogens (primary N) is 1. The monoisotopic (exact) mass is 452 g/mol. The Balaban J connectivity index is 2.65. The van der Waals surface area contributed by atoms with Crippen LogP contribution in [0.1, 0.15) is 24.2 Å². The summed E-state index contributed by atoms with van der Waals surface area (Å²) in [6, 6.07) is 11.0. The first-order chi connectivity index (χ1) is 14.8. The van der Waals surface area contributed by atoms with Crippen molar-refractivity contribution in [2.24, 2.45) is 5.14 Å². The van der Waals surface area contributed by atoms with Crippen LogP contribution < -0.4 is 14.8 Å². The number of ether oxygens (including phenoxy) is 3. The minimum Gasteiger partial charge on any atom is -0.478 e. The second kappa shape index (κ2) is 11.7. The molecule has 2 rings (SSSR count). The van der Waals surface area contributed by atoms with Crippen LogP contribution in [-0.4, -0.2) is 59.0 Å². The van der Waals surface area contributed by atoms with E-state index in [1.165, 1.54) is 6.07 Å². The van der Waals surface area contributed by atoms with Crippen molar-refractivity contribution in [1.82, 2.24) is 0 Å². The maximum Gasteiger partial charge on any atom is 0.335 e. The van der Waals surface area contributed by atoms with Crippen LogP contribution in [0, 0.1) is 0 Å². The van der Waals surface area contributed by atoms with E-state index in [0.717, 1.165) is 6.07 Å². The van der Waals surface area contributed by atoms with Gasteiger partial charge in [-0.2, -0.15) is 0 Å². The van der Waals surface area contributed by atoms with Crippen LogP contribution in [0.15, 0.2) is 47.4 Å². The Bertz CT molecular complexity index is 955. The van der Waals surface area contributed by atoms with Gasteiger partial charge in [-0.1, -0.05) is 18.2 Å². The number of hydrogen-bond acceptors (Lipinski definition) is 7. The SMILES string of the molecule is CCOCCN(CCOCC)c1cc(C(=O)O)cc(S(N)(=O)=O)c1Oc1ccccc1. The summed E-state index contributed by atoms with van der Waals surface area (Å²) in [4.78, 5) is 13.1. The summed E-state index contributed by atoms with van der Waals surface area (Å²) in [5.74, 6) is -0.954. The van der Waals surface area contributed by atoms with E-state index in [-0.39, 0.29) is 17.0 Å². The first kappa shape index (κ1) is 24.6. The summed E-state index contributed by atoms with van der Waals surface area (Å²) < 4.78 is 41.5. The quantitative estimate of drug-likeness (QED) is 0.444. The van der Waals surface area contributed by atoms with E-state index in [1.807, 2.05) is 13.8 Å². The van der Waals surface area contributed by atoms with Crippen molar-refractivity contribution in [3.8, 4) is 11.5 Å². The molecule has 0 aliphatic carbocycles. The molecule has 0 aromatic heterocycles. The van der Waals surface area contributed by atoms with Gasteiger partial charge in [-0.25, -0.2) is 18.4 Å². The average molecular weight is 453 g/mol. The van der Waals surface area contributed by atoms with Crippen molar-refractivity contribution in [3.05, 3.63) is 48.0 Å². The summed E-state index contributed by atoms with van der Waals surface area (Å²) in [5, 5.41) is 15.0. The van der Waals surface area contributed by atoms with Crippen molar-refractivity contribution in [2.45, 2.75) is 18.7 Å². The van der Waals surface area contributed by atoms with E-state index in [0.29, 0.717) is 45.3 Å². The number of primary sulfonamides is 1. The number of benzene rings is 2. The molecule has 9 nitrogen and oxygen atoms in total. The van der Waals surface area contributed by atoms with Crippen molar-refractivity contribution in [2.75, 3.05) is 44.4 Å². The van der Waals surface area contributed by atoms with Crippen LogP contribution >= 0.6 is 0 Å². The van der Waals surface area contributed by atoms with Crippen LogP contribution in [0.3, 0.4) is 0 Å². The van der Waals surface area contributed by atoms with E-state index < -0.39 is 20.9 Å². The molecule has 0 aliphatic heterocycles. The Morgan fingerprint density at radius 2 is 1.61 bits per heavy atom. The minimum atomic E-state index is -4.29. The first-order valence-electron chi connectivity index (χ1n) is 9.85. The molecule has 0 bridgehead atoms. The molecule has 0 saturated heterocycles. The van der Waals surface area contributed by atoms with E-state index in [1.54, 1.807) is 35.2 Å². The van der Waals surface area contributed by atoms with Crippen LogP contribution in [0.25, 0.3) is 0 Å². The molecule has 2 aromatic rings. The number of sulfonamides is 1. The fourth-order valence-corrected chi connectivity index (χ4v) is 3.55. The molecule has 0 fully saturated rings. The number of carboxylic acid groups (broad SMARTS) is 1. The van der Waals surface area contributed by atoms with Gasteiger partial charge in [0.2, 0.25) is 10.0 Å². The van der Waals surface area contributed by atoms with Crippen LogP contribution in [-0.2, 0) is 19.5 Å². The van der Waals surface area contributed by atoms with Gasteiger partial charge in [-0.3, -0.25) is 0 Å². The number of nitrogens with zero attached hydrogens (tertiary/aromatic N) is 1. The summed E-state index contributed by atoms with van der Waals surface area (Å²) in [7, 11) is -4.29. The lowest BCUT2D eigenvalue weighted by molar-refractivity contribution is 0.0696. The van der Waals surface area contributed by atoms with Crippen molar-refractivity contribution >= 4 is 21.7 Å². The normalized spacial score (nSPS) is 11.3. The fourth-order valence-electron chi connectivity index (χ4n) is 2.86. The number of aromatic carboxylic acids is 1. The Labute approximate surface area is 182 Å². The Hall–Kier alpha value is -2.66. The average Bonchev–Trinajstić information content (AvgIpc) is 2.73. The molecule has 0 radical (unpaired) electrons.